The van der Waals surface area contributed by atoms with E-state index in [-0.39, 0.29) is 18.1 Å². The number of carbonyl (C=O) groups excluding carboxylic acids is 1. The minimum Gasteiger partial charge on any atom is -0.406 e. The lowest BCUT2D eigenvalue weighted by Gasteiger charge is -2.35. The van der Waals surface area contributed by atoms with E-state index in [2.05, 4.69) is 19.6 Å². The van der Waals surface area contributed by atoms with Gasteiger partial charge in [0.25, 0.3) is 0 Å². The Balaban J connectivity index is 1.32. The first kappa shape index (κ1) is 21.1. The number of ether oxygens (including phenoxy) is 1. The Kier molecular flexibility index (Phi) is 6.08. The molecule has 0 saturated carbocycles. The minimum atomic E-state index is -4.72. The topological polar surface area (TPSA) is 58.6 Å². The van der Waals surface area contributed by atoms with Gasteiger partial charge in [-0.15, -0.1) is 24.5 Å². The maximum absolute atomic E-state index is 12.7. The van der Waals surface area contributed by atoms with Gasteiger partial charge in [-0.05, 0) is 36.4 Å². The zero-order chi connectivity index (χ0) is 21.8. The number of halogens is 3. The van der Waals surface area contributed by atoms with Crippen molar-refractivity contribution in [3.8, 4) is 16.3 Å². The van der Waals surface area contributed by atoms with Crippen molar-refractivity contribution in [2.24, 2.45) is 0 Å². The van der Waals surface area contributed by atoms with Crippen LogP contribution in [0.3, 0.4) is 0 Å². The van der Waals surface area contributed by atoms with Crippen molar-refractivity contribution in [2.45, 2.75) is 12.8 Å². The monoisotopic (exact) mass is 448 g/mol. The summed E-state index contributed by atoms with van der Waals surface area (Å²) in [5, 5.41) is 0.640. The first-order valence-electron chi connectivity index (χ1n) is 9.62. The summed E-state index contributed by atoms with van der Waals surface area (Å²) in [6, 6.07) is 11.3. The lowest BCUT2D eigenvalue weighted by Crippen LogP contribution is -2.49. The second kappa shape index (κ2) is 8.93. The van der Waals surface area contributed by atoms with E-state index in [0.29, 0.717) is 23.7 Å². The number of nitrogens with zero attached hydrogens (tertiary/aromatic N) is 4. The molecular weight excluding hydrogens is 429 g/mol. The molecule has 1 aliphatic rings. The standard InChI is InChI=1S/C21H19F3N4O2S/c22-21(23,24)30-16-6-4-15(5-7-16)20-26-14-17(31-20)13-19(29)28-11-9-27(10-12-28)18-3-1-2-8-25-18/h1-8,14H,9-13H2. The van der Waals surface area contributed by atoms with E-state index in [0.717, 1.165) is 23.8 Å². The molecule has 6 nitrogen and oxygen atoms in total. The van der Waals surface area contributed by atoms with E-state index in [1.54, 1.807) is 12.4 Å². The normalized spacial score (nSPS) is 14.5. The van der Waals surface area contributed by atoms with E-state index < -0.39 is 6.36 Å². The summed E-state index contributed by atoms with van der Waals surface area (Å²) in [4.78, 5) is 26.1. The van der Waals surface area contributed by atoms with Gasteiger partial charge in [-0.1, -0.05) is 6.07 Å². The lowest BCUT2D eigenvalue weighted by atomic mass is 10.2. The van der Waals surface area contributed by atoms with Crippen LogP contribution in [-0.2, 0) is 11.2 Å². The molecule has 0 aliphatic carbocycles. The number of carbonyl (C=O) groups is 1. The van der Waals surface area contributed by atoms with Crippen LogP contribution in [0.1, 0.15) is 4.88 Å². The number of amides is 1. The Bertz CT molecular complexity index is 1020. The molecule has 1 aromatic carbocycles. The Morgan fingerprint density at radius 1 is 1.03 bits per heavy atom. The highest BCUT2D eigenvalue weighted by atomic mass is 32.1. The summed E-state index contributed by atoms with van der Waals surface area (Å²) in [5.41, 5.74) is 0.669. The zero-order valence-electron chi connectivity index (χ0n) is 16.4. The van der Waals surface area contributed by atoms with Crippen LogP contribution in [0, 0.1) is 0 Å². The van der Waals surface area contributed by atoms with E-state index >= 15 is 0 Å². The maximum atomic E-state index is 12.7. The number of aromatic nitrogens is 2. The molecule has 162 valence electrons. The second-order valence-electron chi connectivity index (χ2n) is 6.94. The third-order valence-electron chi connectivity index (χ3n) is 4.82. The maximum Gasteiger partial charge on any atom is 0.573 e. The van der Waals surface area contributed by atoms with Crippen molar-refractivity contribution in [2.75, 3.05) is 31.1 Å². The summed E-state index contributed by atoms with van der Waals surface area (Å²) in [6.45, 7) is 2.70. The van der Waals surface area contributed by atoms with Gasteiger partial charge < -0.3 is 14.5 Å². The van der Waals surface area contributed by atoms with Crippen molar-refractivity contribution in [3.63, 3.8) is 0 Å². The van der Waals surface area contributed by atoms with Crippen LogP contribution >= 0.6 is 11.3 Å². The number of piperazine rings is 1. The number of thiazole rings is 1. The van der Waals surface area contributed by atoms with Crippen molar-refractivity contribution in [1.82, 2.24) is 14.9 Å². The van der Waals surface area contributed by atoms with E-state index in [4.69, 9.17) is 0 Å². The summed E-state index contributed by atoms with van der Waals surface area (Å²) >= 11 is 1.35. The molecule has 10 heteroatoms. The number of pyridine rings is 1. The molecule has 0 atom stereocenters. The Morgan fingerprint density at radius 3 is 2.42 bits per heavy atom. The highest BCUT2D eigenvalue weighted by molar-refractivity contribution is 7.15. The highest BCUT2D eigenvalue weighted by Crippen LogP contribution is 2.29. The molecule has 1 fully saturated rings. The average molecular weight is 448 g/mol. The fourth-order valence-electron chi connectivity index (χ4n) is 3.31. The molecule has 0 N–H and O–H groups in total. The first-order chi connectivity index (χ1) is 14.9. The van der Waals surface area contributed by atoms with Crippen LogP contribution in [0.25, 0.3) is 10.6 Å². The van der Waals surface area contributed by atoms with E-state index in [1.165, 1.54) is 35.6 Å². The number of hydrogen-bond donors (Lipinski definition) is 0. The Morgan fingerprint density at radius 2 is 1.77 bits per heavy atom. The van der Waals surface area contributed by atoms with Crippen LogP contribution in [0.2, 0.25) is 0 Å². The van der Waals surface area contributed by atoms with E-state index in [9.17, 15) is 18.0 Å². The van der Waals surface area contributed by atoms with Gasteiger partial charge in [0.1, 0.15) is 16.6 Å². The van der Waals surface area contributed by atoms with Gasteiger partial charge in [0, 0.05) is 49.0 Å². The Labute approximate surface area is 180 Å². The molecule has 1 saturated heterocycles. The third-order valence-corrected chi connectivity index (χ3v) is 5.87. The van der Waals surface area contributed by atoms with Crippen molar-refractivity contribution < 1.29 is 22.7 Å². The van der Waals surface area contributed by atoms with Crippen LogP contribution < -0.4 is 9.64 Å². The highest BCUT2D eigenvalue weighted by Gasteiger charge is 2.31. The summed E-state index contributed by atoms with van der Waals surface area (Å²) in [5.74, 6) is 0.659. The van der Waals surface area contributed by atoms with Gasteiger partial charge in [-0.2, -0.15) is 0 Å². The number of alkyl halides is 3. The number of rotatable bonds is 5. The SMILES string of the molecule is O=C(Cc1cnc(-c2ccc(OC(F)(F)F)cc2)s1)N1CCN(c2ccccn2)CC1. The fraction of sp³-hybridized carbons (Fsp3) is 0.286. The molecule has 31 heavy (non-hydrogen) atoms. The van der Waals surface area contributed by atoms with Gasteiger partial charge in [-0.25, -0.2) is 9.97 Å². The fourth-order valence-corrected chi connectivity index (χ4v) is 4.22. The lowest BCUT2D eigenvalue weighted by molar-refractivity contribution is -0.274. The van der Waals surface area contributed by atoms with Gasteiger partial charge in [0.15, 0.2) is 0 Å². The smallest absolute Gasteiger partial charge is 0.406 e. The molecule has 3 heterocycles. The van der Waals surface area contributed by atoms with Crippen molar-refractivity contribution in [3.05, 3.63) is 59.7 Å². The third kappa shape index (κ3) is 5.52. The summed E-state index contributed by atoms with van der Waals surface area (Å²) in [6.07, 6.45) is -1.08. The van der Waals surface area contributed by atoms with Crippen LogP contribution in [0.4, 0.5) is 19.0 Å². The molecule has 0 spiro atoms. The predicted octanol–water partition coefficient (Wildman–Crippen LogP) is 4.00. The van der Waals surface area contributed by atoms with Gasteiger partial charge >= 0.3 is 6.36 Å². The first-order valence-corrected chi connectivity index (χ1v) is 10.4. The quantitative estimate of drug-likeness (QED) is 0.591. The molecule has 1 amide bonds. The molecule has 0 bridgehead atoms. The molecule has 2 aromatic heterocycles. The molecule has 4 rings (SSSR count). The van der Waals surface area contributed by atoms with Crippen molar-refractivity contribution >= 4 is 23.1 Å². The molecule has 3 aromatic rings. The van der Waals surface area contributed by atoms with Crippen molar-refractivity contribution in [1.29, 1.82) is 0 Å². The molecular formula is C21H19F3N4O2S. The Hall–Kier alpha value is -3.14. The summed E-state index contributed by atoms with van der Waals surface area (Å²) < 4.78 is 40.7. The van der Waals surface area contributed by atoms with Crippen LogP contribution in [0.15, 0.2) is 54.9 Å². The van der Waals surface area contributed by atoms with Gasteiger partial charge in [-0.3, -0.25) is 4.79 Å². The molecule has 1 aliphatic heterocycles. The van der Waals surface area contributed by atoms with Crippen LogP contribution in [-0.4, -0.2) is 53.3 Å². The molecule has 0 radical (unpaired) electrons. The average Bonchev–Trinajstić information content (AvgIpc) is 3.22. The number of hydrogen-bond acceptors (Lipinski definition) is 6. The second-order valence-corrected chi connectivity index (χ2v) is 8.05. The predicted molar refractivity (Wildman–Crippen MR) is 111 cm³/mol. The zero-order valence-corrected chi connectivity index (χ0v) is 17.2. The van der Waals surface area contributed by atoms with Crippen LogP contribution in [0.5, 0.6) is 5.75 Å². The number of anilines is 1. The van der Waals surface area contributed by atoms with E-state index in [1.807, 2.05) is 23.1 Å². The molecule has 0 unspecified atom stereocenters. The van der Waals surface area contributed by atoms with Gasteiger partial charge in [0.2, 0.25) is 5.91 Å². The summed E-state index contributed by atoms with van der Waals surface area (Å²) in [7, 11) is 0. The largest absolute Gasteiger partial charge is 0.573 e. The minimum absolute atomic E-state index is 0.0322. The number of benzene rings is 1. The van der Waals surface area contributed by atoms with Gasteiger partial charge in [0.05, 0.1) is 6.42 Å².